The Morgan fingerprint density at radius 1 is 1.03 bits per heavy atom. The van der Waals surface area contributed by atoms with Gasteiger partial charge in [-0.05, 0) is 84.2 Å². The highest BCUT2D eigenvalue weighted by molar-refractivity contribution is 7.65. The van der Waals surface area contributed by atoms with Gasteiger partial charge in [-0.15, -0.1) is 0 Å². The summed E-state index contributed by atoms with van der Waals surface area (Å²) in [4.78, 5) is 15.9. The van der Waals surface area contributed by atoms with Crippen LogP contribution in [-0.4, -0.2) is 48.1 Å². The molecule has 0 spiro atoms. The highest BCUT2D eigenvalue weighted by atomic mass is 31.1. The standard InChI is InChI=1S/C28H32N5O3P/c1-5-37(6-2)26-12-11-24(28(31-26)36-4)30-27-19-9-7-17(13-25(19)32-33-27)20-15-21(20)22-14-18(35-3)8-10-23(22)29-16-34/h7-14,16,20-21H,5-6,15H2,1-4H3,(H,29,34)(H2,30,32,33). The van der Waals surface area contributed by atoms with Crippen LogP contribution in [0.3, 0.4) is 0 Å². The van der Waals surface area contributed by atoms with E-state index in [2.05, 4.69) is 58.9 Å². The van der Waals surface area contributed by atoms with Crippen molar-refractivity contribution in [1.29, 1.82) is 0 Å². The number of hydrogen-bond donors (Lipinski definition) is 3. The molecule has 8 nitrogen and oxygen atoms in total. The second kappa shape index (κ2) is 10.8. The minimum atomic E-state index is -0.265. The Morgan fingerprint density at radius 3 is 2.57 bits per heavy atom. The van der Waals surface area contributed by atoms with Gasteiger partial charge >= 0.3 is 0 Å². The normalized spacial score (nSPS) is 16.6. The van der Waals surface area contributed by atoms with E-state index in [1.165, 1.54) is 5.56 Å². The highest BCUT2D eigenvalue weighted by Crippen LogP contribution is 2.57. The van der Waals surface area contributed by atoms with Crippen LogP contribution in [0.4, 0.5) is 17.2 Å². The Balaban J connectivity index is 1.37. The lowest BCUT2D eigenvalue weighted by atomic mass is 10.0. The zero-order chi connectivity index (χ0) is 25.9. The number of ether oxygens (including phenoxy) is 2. The van der Waals surface area contributed by atoms with Gasteiger partial charge in [-0.2, -0.15) is 5.10 Å². The average molecular weight is 518 g/mol. The monoisotopic (exact) mass is 517 g/mol. The lowest BCUT2D eigenvalue weighted by Crippen LogP contribution is -2.11. The van der Waals surface area contributed by atoms with Gasteiger partial charge in [-0.3, -0.25) is 9.89 Å². The number of benzene rings is 2. The fourth-order valence-electron chi connectivity index (χ4n) is 4.97. The Morgan fingerprint density at radius 2 is 1.84 bits per heavy atom. The van der Waals surface area contributed by atoms with Gasteiger partial charge in [0.15, 0.2) is 5.82 Å². The number of anilines is 3. The first-order chi connectivity index (χ1) is 18.1. The predicted octanol–water partition coefficient (Wildman–Crippen LogP) is 5.71. The maximum absolute atomic E-state index is 11.1. The van der Waals surface area contributed by atoms with Gasteiger partial charge in [-0.1, -0.05) is 27.8 Å². The lowest BCUT2D eigenvalue weighted by Gasteiger charge is -2.15. The predicted molar refractivity (Wildman–Crippen MR) is 151 cm³/mol. The lowest BCUT2D eigenvalue weighted by molar-refractivity contribution is -0.105. The molecule has 2 unspecified atom stereocenters. The number of methoxy groups -OCH3 is 2. The van der Waals surface area contributed by atoms with Crippen molar-refractivity contribution in [1.82, 2.24) is 15.2 Å². The van der Waals surface area contributed by atoms with E-state index >= 15 is 0 Å². The molecule has 1 fully saturated rings. The topological polar surface area (TPSA) is 101 Å². The van der Waals surface area contributed by atoms with Crippen LogP contribution in [0.25, 0.3) is 10.9 Å². The van der Waals surface area contributed by atoms with E-state index in [1.54, 1.807) is 14.2 Å². The van der Waals surface area contributed by atoms with Crippen molar-refractivity contribution in [2.24, 2.45) is 0 Å². The van der Waals surface area contributed by atoms with Crippen LogP contribution in [0.5, 0.6) is 11.6 Å². The van der Waals surface area contributed by atoms with Crippen molar-refractivity contribution in [2.45, 2.75) is 32.1 Å². The molecule has 1 aliphatic rings. The first kappa shape index (κ1) is 25.0. The number of amides is 1. The van der Waals surface area contributed by atoms with Gasteiger partial charge in [-0.25, -0.2) is 4.98 Å². The van der Waals surface area contributed by atoms with Gasteiger partial charge in [0.1, 0.15) is 11.4 Å². The Hall–Kier alpha value is -3.64. The minimum absolute atomic E-state index is 0.265. The number of carbonyl (C=O) groups excluding carboxylic acids is 1. The van der Waals surface area contributed by atoms with Gasteiger partial charge in [0.05, 0.1) is 25.2 Å². The van der Waals surface area contributed by atoms with Crippen LogP contribution in [0.15, 0.2) is 48.5 Å². The number of aromatic amines is 1. The first-order valence-corrected chi connectivity index (χ1v) is 14.2. The SMILES string of the molecule is CCP(CC)c1ccc(Nc2n[nH]c3cc(C4CC4c4cc(OC)ccc4NC=O)ccc23)c(OC)n1. The minimum Gasteiger partial charge on any atom is -0.497 e. The molecule has 4 aromatic rings. The van der Waals surface area contributed by atoms with Crippen LogP contribution >= 0.6 is 7.92 Å². The maximum Gasteiger partial charge on any atom is 0.238 e. The Kier molecular flexibility index (Phi) is 7.28. The molecule has 192 valence electrons. The largest absolute Gasteiger partial charge is 0.497 e. The van der Waals surface area contributed by atoms with Crippen LogP contribution < -0.4 is 25.5 Å². The molecule has 0 radical (unpaired) electrons. The molecule has 0 saturated heterocycles. The molecule has 0 aliphatic heterocycles. The smallest absolute Gasteiger partial charge is 0.238 e. The Labute approximate surface area is 217 Å². The second-order valence-electron chi connectivity index (χ2n) is 9.06. The molecule has 37 heavy (non-hydrogen) atoms. The number of aromatic nitrogens is 3. The summed E-state index contributed by atoms with van der Waals surface area (Å²) in [5.41, 5.74) is 6.04. The van der Waals surface area contributed by atoms with Crippen LogP contribution in [0.2, 0.25) is 0 Å². The second-order valence-corrected chi connectivity index (χ2v) is 11.9. The summed E-state index contributed by atoms with van der Waals surface area (Å²) in [7, 11) is 3.04. The molecular weight excluding hydrogens is 485 g/mol. The van der Waals surface area contributed by atoms with E-state index in [4.69, 9.17) is 14.5 Å². The molecule has 1 amide bonds. The van der Waals surface area contributed by atoms with Crippen molar-refractivity contribution in [2.75, 3.05) is 37.2 Å². The van der Waals surface area contributed by atoms with E-state index in [0.29, 0.717) is 17.7 Å². The summed E-state index contributed by atoms with van der Waals surface area (Å²) >= 11 is 0. The number of pyridine rings is 1. The number of H-pyrrole nitrogens is 1. The van der Waals surface area contributed by atoms with Crippen molar-refractivity contribution in [3.05, 3.63) is 59.7 Å². The van der Waals surface area contributed by atoms with Gasteiger partial charge in [0.25, 0.3) is 0 Å². The summed E-state index contributed by atoms with van der Waals surface area (Å²) in [5.74, 6) is 2.79. The van der Waals surface area contributed by atoms with Gasteiger partial charge in [0.2, 0.25) is 12.3 Å². The van der Waals surface area contributed by atoms with Crippen molar-refractivity contribution in [3.63, 3.8) is 0 Å². The number of nitrogens with one attached hydrogen (secondary N) is 3. The summed E-state index contributed by atoms with van der Waals surface area (Å²) in [6, 6.07) is 16.3. The Bertz CT molecular complexity index is 1420. The maximum atomic E-state index is 11.1. The van der Waals surface area contributed by atoms with Crippen molar-refractivity contribution >= 4 is 47.9 Å². The fraction of sp³-hybridized carbons (Fsp3) is 0.321. The molecule has 0 bridgehead atoms. The van der Waals surface area contributed by atoms with Gasteiger partial charge in [0, 0.05) is 11.1 Å². The van der Waals surface area contributed by atoms with E-state index in [-0.39, 0.29) is 7.92 Å². The third-order valence-corrected chi connectivity index (χ3v) is 9.48. The summed E-state index contributed by atoms with van der Waals surface area (Å²) < 4.78 is 11.0. The molecule has 2 aromatic carbocycles. The van der Waals surface area contributed by atoms with Crippen molar-refractivity contribution in [3.8, 4) is 11.6 Å². The van der Waals surface area contributed by atoms with E-state index < -0.39 is 0 Å². The molecule has 1 aliphatic carbocycles. The highest BCUT2D eigenvalue weighted by Gasteiger charge is 2.41. The molecule has 3 N–H and O–H groups in total. The summed E-state index contributed by atoms with van der Waals surface area (Å²) in [5, 5.41) is 14.9. The molecule has 2 aromatic heterocycles. The molecule has 2 heterocycles. The van der Waals surface area contributed by atoms with E-state index in [1.807, 2.05) is 24.3 Å². The molecule has 1 saturated carbocycles. The van der Waals surface area contributed by atoms with Crippen LogP contribution in [-0.2, 0) is 4.79 Å². The van der Waals surface area contributed by atoms with Crippen molar-refractivity contribution < 1.29 is 14.3 Å². The zero-order valence-electron chi connectivity index (χ0n) is 21.5. The third kappa shape index (κ3) is 4.98. The van der Waals surface area contributed by atoms with E-state index in [0.717, 1.165) is 70.0 Å². The number of nitrogens with zero attached hydrogens (tertiary/aromatic N) is 2. The van der Waals surface area contributed by atoms with Gasteiger partial charge < -0.3 is 20.1 Å². The summed E-state index contributed by atoms with van der Waals surface area (Å²) in [6.07, 6.45) is 3.95. The molecule has 5 rings (SSSR count). The zero-order valence-corrected chi connectivity index (χ0v) is 22.4. The quantitative estimate of drug-likeness (QED) is 0.174. The molecule has 9 heteroatoms. The first-order valence-electron chi connectivity index (χ1n) is 12.5. The van der Waals surface area contributed by atoms with E-state index in [9.17, 15) is 4.79 Å². The molecular formula is C28H32N5O3P. The fourth-order valence-corrected chi connectivity index (χ4v) is 6.59. The average Bonchev–Trinajstić information content (AvgIpc) is 3.64. The summed E-state index contributed by atoms with van der Waals surface area (Å²) in [6.45, 7) is 4.42. The van der Waals surface area contributed by atoms with Crippen LogP contribution in [0, 0.1) is 0 Å². The number of rotatable bonds is 11. The number of hydrogen-bond acceptors (Lipinski definition) is 6. The number of carbonyl (C=O) groups is 1. The third-order valence-electron chi connectivity index (χ3n) is 7.06. The van der Waals surface area contributed by atoms with Crippen LogP contribution in [0.1, 0.15) is 43.2 Å². The number of fused-ring (bicyclic) bond motifs is 1. The molecule has 2 atom stereocenters.